The number of ketones is 1. The van der Waals surface area contributed by atoms with Crippen molar-refractivity contribution in [2.24, 2.45) is 15.4 Å². The second-order valence-electron chi connectivity index (χ2n) is 8.92. The third-order valence-electron chi connectivity index (χ3n) is 5.67. The van der Waals surface area contributed by atoms with E-state index in [0.717, 1.165) is 31.4 Å². The van der Waals surface area contributed by atoms with Crippen LogP contribution in [0.3, 0.4) is 0 Å². The molecular weight excluding hydrogens is 420 g/mol. The van der Waals surface area contributed by atoms with Crippen LogP contribution in [0.4, 0.5) is 0 Å². The Morgan fingerprint density at radius 2 is 1.18 bits per heavy atom. The summed E-state index contributed by atoms with van der Waals surface area (Å²) in [6.07, 6.45) is 17.2. The number of rotatable bonds is 22. The van der Waals surface area contributed by atoms with Gasteiger partial charge < -0.3 is 15.2 Å². The summed E-state index contributed by atoms with van der Waals surface area (Å²) in [5, 5.41) is 22.9. The maximum absolute atomic E-state index is 11.9. The Morgan fingerprint density at radius 3 is 1.61 bits per heavy atom. The molecule has 0 saturated heterocycles. The predicted octanol–water partition coefficient (Wildman–Crippen LogP) is 6.23. The van der Waals surface area contributed by atoms with E-state index in [1.807, 2.05) is 6.92 Å². The Hall–Kier alpha value is -2.12. The Kier molecular flexibility index (Phi) is 20.3. The number of nitrogens with one attached hydrogen (secondary N) is 1. The number of hydrogen-bond acceptors (Lipinski definition) is 5. The van der Waals surface area contributed by atoms with Crippen molar-refractivity contribution in [1.29, 1.82) is 0 Å². The van der Waals surface area contributed by atoms with Gasteiger partial charge in [0.1, 0.15) is 11.8 Å². The van der Waals surface area contributed by atoms with Crippen molar-refractivity contribution in [3.63, 3.8) is 0 Å². The van der Waals surface area contributed by atoms with Crippen molar-refractivity contribution >= 4 is 23.4 Å². The molecule has 0 bridgehead atoms. The monoisotopic (exact) mass is 466 g/mol. The molecule has 0 heterocycles. The SMILES string of the molecule is CN=N/N=C(\C)CCCCCCCCCCCCCCCC(=O)N[C@@H](CCC(C)=O)C(=O)O. The molecule has 190 valence electrons. The van der Waals surface area contributed by atoms with Gasteiger partial charge in [0.2, 0.25) is 5.91 Å². The highest BCUT2D eigenvalue weighted by molar-refractivity contribution is 5.84. The fourth-order valence-electron chi connectivity index (χ4n) is 3.65. The zero-order valence-corrected chi connectivity index (χ0v) is 21.1. The predicted molar refractivity (Wildman–Crippen MR) is 133 cm³/mol. The molecule has 1 atom stereocenters. The Balaban J connectivity index is 3.48. The first-order valence-electron chi connectivity index (χ1n) is 12.7. The van der Waals surface area contributed by atoms with Gasteiger partial charge in [0.05, 0.1) is 7.05 Å². The molecule has 8 heteroatoms. The molecule has 0 aliphatic rings. The minimum atomic E-state index is -1.08. The van der Waals surface area contributed by atoms with Crippen molar-refractivity contribution in [3.05, 3.63) is 0 Å². The average Bonchev–Trinajstić information content (AvgIpc) is 2.77. The highest BCUT2D eigenvalue weighted by Gasteiger charge is 2.19. The van der Waals surface area contributed by atoms with Gasteiger partial charge in [0.25, 0.3) is 0 Å². The lowest BCUT2D eigenvalue weighted by atomic mass is 10.0. The van der Waals surface area contributed by atoms with Gasteiger partial charge in [0, 0.05) is 18.6 Å². The van der Waals surface area contributed by atoms with E-state index in [9.17, 15) is 14.4 Å². The fourth-order valence-corrected chi connectivity index (χ4v) is 3.65. The van der Waals surface area contributed by atoms with Gasteiger partial charge >= 0.3 is 5.97 Å². The number of unbranched alkanes of at least 4 members (excludes halogenated alkanes) is 12. The molecule has 8 nitrogen and oxygen atoms in total. The smallest absolute Gasteiger partial charge is 0.326 e. The number of carbonyl (C=O) groups excluding carboxylic acids is 2. The van der Waals surface area contributed by atoms with E-state index in [1.54, 1.807) is 7.05 Å². The van der Waals surface area contributed by atoms with Crippen molar-refractivity contribution in [1.82, 2.24) is 5.32 Å². The minimum Gasteiger partial charge on any atom is -0.480 e. The molecule has 0 unspecified atom stereocenters. The van der Waals surface area contributed by atoms with Crippen LogP contribution in [0.15, 0.2) is 15.4 Å². The summed E-state index contributed by atoms with van der Waals surface area (Å²) in [5.41, 5.74) is 1.05. The lowest BCUT2D eigenvalue weighted by Crippen LogP contribution is -2.40. The molecule has 0 saturated carbocycles. The minimum absolute atomic E-state index is 0.0699. The van der Waals surface area contributed by atoms with Crippen LogP contribution in [-0.4, -0.2) is 41.6 Å². The number of Topliss-reactive ketones (excluding diaryl/α,β-unsaturated/α-hetero) is 1. The zero-order chi connectivity index (χ0) is 24.7. The largest absolute Gasteiger partial charge is 0.480 e. The van der Waals surface area contributed by atoms with E-state index in [0.29, 0.717) is 6.42 Å². The van der Waals surface area contributed by atoms with E-state index < -0.39 is 12.0 Å². The van der Waals surface area contributed by atoms with Crippen molar-refractivity contribution in [2.75, 3.05) is 7.05 Å². The number of nitrogens with zero attached hydrogens (tertiary/aromatic N) is 3. The second-order valence-corrected chi connectivity index (χ2v) is 8.92. The average molecular weight is 467 g/mol. The second kappa shape index (κ2) is 21.7. The summed E-state index contributed by atoms with van der Waals surface area (Å²) >= 11 is 0. The molecule has 0 rings (SSSR count). The van der Waals surface area contributed by atoms with Gasteiger partial charge in [-0.1, -0.05) is 75.9 Å². The summed E-state index contributed by atoms with van der Waals surface area (Å²) < 4.78 is 0. The molecule has 0 spiro atoms. The standard InChI is InChI=1S/C25H46N4O4/c1-21(28-29-26-3)17-15-13-11-9-7-5-4-6-8-10-12-14-16-18-24(31)27-23(25(32)33)20-19-22(2)30/h23H,4-20H2,1-3H3,(H,27,31)(H,32,33)/b28-21+,29-26?/t23-/m0/s1. The number of hydrogen-bond donors (Lipinski definition) is 2. The molecule has 0 aliphatic heterocycles. The summed E-state index contributed by atoms with van der Waals surface area (Å²) in [6, 6.07) is -0.969. The highest BCUT2D eigenvalue weighted by Crippen LogP contribution is 2.13. The number of aliphatic carboxylic acids is 1. The molecule has 0 fully saturated rings. The maximum Gasteiger partial charge on any atom is 0.326 e. The fraction of sp³-hybridized carbons (Fsp3) is 0.840. The molecule has 33 heavy (non-hydrogen) atoms. The van der Waals surface area contributed by atoms with E-state index in [-0.39, 0.29) is 24.5 Å². The number of carboxylic acid groups (broad SMARTS) is 1. The van der Waals surface area contributed by atoms with Gasteiger partial charge in [-0.3, -0.25) is 4.79 Å². The van der Waals surface area contributed by atoms with Crippen LogP contribution in [0, 0.1) is 0 Å². The lowest BCUT2D eigenvalue weighted by molar-refractivity contribution is -0.142. The molecule has 0 aromatic rings. The number of carboxylic acids is 1. The van der Waals surface area contributed by atoms with Gasteiger partial charge in [-0.15, -0.1) is 5.10 Å². The molecule has 0 aromatic heterocycles. The van der Waals surface area contributed by atoms with Gasteiger partial charge in [-0.25, -0.2) is 4.79 Å². The van der Waals surface area contributed by atoms with Crippen LogP contribution in [0.25, 0.3) is 0 Å². The number of amides is 1. The third-order valence-corrected chi connectivity index (χ3v) is 5.67. The topological polar surface area (TPSA) is 121 Å². The lowest BCUT2D eigenvalue weighted by Gasteiger charge is -2.13. The zero-order valence-electron chi connectivity index (χ0n) is 21.1. The summed E-state index contributed by atoms with van der Waals surface area (Å²) in [6.45, 7) is 3.42. The molecule has 0 aliphatic carbocycles. The van der Waals surface area contributed by atoms with Crippen molar-refractivity contribution < 1.29 is 19.5 Å². The Labute approximate surface area is 200 Å². The first kappa shape index (κ1) is 30.9. The third kappa shape index (κ3) is 21.5. The quantitative estimate of drug-likeness (QED) is 0.0849. The molecule has 0 aromatic carbocycles. The Morgan fingerprint density at radius 1 is 0.727 bits per heavy atom. The van der Waals surface area contributed by atoms with Gasteiger partial charge in [-0.05, 0) is 39.5 Å². The van der Waals surface area contributed by atoms with E-state index >= 15 is 0 Å². The highest BCUT2D eigenvalue weighted by atomic mass is 16.4. The van der Waals surface area contributed by atoms with Crippen molar-refractivity contribution in [3.8, 4) is 0 Å². The molecular formula is C25H46N4O4. The summed E-state index contributed by atoms with van der Waals surface area (Å²) in [7, 11) is 1.63. The molecule has 1 amide bonds. The van der Waals surface area contributed by atoms with Crippen LogP contribution in [-0.2, 0) is 14.4 Å². The van der Waals surface area contributed by atoms with E-state index in [1.165, 1.54) is 71.1 Å². The van der Waals surface area contributed by atoms with E-state index in [4.69, 9.17) is 5.11 Å². The van der Waals surface area contributed by atoms with Crippen LogP contribution in [0.1, 0.15) is 123 Å². The van der Waals surface area contributed by atoms with Gasteiger partial charge in [0.15, 0.2) is 0 Å². The maximum atomic E-state index is 11.9. The normalized spacial score (nSPS) is 12.8. The van der Waals surface area contributed by atoms with Crippen molar-refractivity contribution in [2.45, 2.75) is 129 Å². The van der Waals surface area contributed by atoms with Gasteiger partial charge in [-0.2, -0.15) is 5.11 Å². The summed E-state index contributed by atoms with van der Waals surface area (Å²) in [4.78, 5) is 34.1. The van der Waals surface area contributed by atoms with Crippen LogP contribution < -0.4 is 5.32 Å². The van der Waals surface area contributed by atoms with E-state index in [2.05, 4.69) is 20.8 Å². The molecule has 0 radical (unpaired) electrons. The summed E-state index contributed by atoms with van der Waals surface area (Å²) in [5.74, 6) is -1.39. The van der Waals surface area contributed by atoms with Crippen LogP contribution in [0.2, 0.25) is 0 Å². The van der Waals surface area contributed by atoms with Crippen LogP contribution >= 0.6 is 0 Å². The van der Waals surface area contributed by atoms with Crippen LogP contribution in [0.5, 0.6) is 0 Å². The Bertz CT molecular complexity index is 605. The number of carbonyl (C=O) groups is 3. The first-order chi connectivity index (χ1) is 15.9. The first-order valence-corrected chi connectivity index (χ1v) is 12.7. The molecule has 2 N–H and O–H groups in total.